The first kappa shape index (κ1) is 22.8. The summed E-state index contributed by atoms with van der Waals surface area (Å²) < 4.78 is 5.38. The molecule has 0 saturated carbocycles. The van der Waals surface area contributed by atoms with Gasteiger partial charge in [0.1, 0.15) is 5.75 Å². The van der Waals surface area contributed by atoms with E-state index >= 15 is 0 Å². The van der Waals surface area contributed by atoms with Crippen molar-refractivity contribution in [1.82, 2.24) is 10.6 Å². The Balaban J connectivity index is 1.47. The summed E-state index contributed by atoms with van der Waals surface area (Å²) in [5.41, 5.74) is 3.83. The molecule has 2 aromatic carbocycles. The number of ketones is 1. The topological polar surface area (TPSA) is 67.4 Å². The van der Waals surface area contributed by atoms with Gasteiger partial charge in [-0.1, -0.05) is 24.3 Å². The van der Waals surface area contributed by atoms with Crippen molar-refractivity contribution in [3.8, 4) is 5.75 Å². The van der Waals surface area contributed by atoms with Crippen LogP contribution in [0.25, 0.3) is 5.70 Å². The highest BCUT2D eigenvalue weighted by Crippen LogP contribution is 2.32. The number of nitrogens with one attached hydrogen (secondary N) is 2. The number of rotatable bonds is 7. The van der Waals surface area contributed by atoms with Gasteiger partial charge >= 0.3 is 0 Å². The molecule has 0 spiro atoms. The van der Waals surface area contributed by atoms with Gasteiger partial charge in [0.25, 0.3) is 5.91 Å². The molecule has 0 bridgehead atoms. The number of fused-ring (bicyclic) bond motifs is 1. The molecule has 0 radical (unpaired) electrons. The zero-order valence-corrected chi connectivity index (χ0v) is 19.9. The number of carbonyl (C=O) groups excluding carboxylic acids is 2. The minimum Gasteiger partial charge on any atom is -0.497 e. The average Bonchev–Trinajstić information content (AvgIpc) is 3.31. The molecule has 4 rings (SSSR count). The van der Waals surface area contributed by atoms with Crippen LogP contribution in [-0.4, -0.2) is 30.9 Å². The highest BCUT2D eigenvalue weighted by molar-refractivity contribution is 7.09. The van der Waals surface area contributed by atoms with Crippen LogP contribution in [0, 0.1) is 0 Å². The minimum atomic E-state index is -0.168. The van der Waals surface area contributed by atoms with Crippen LogP contribution in [0.3, 0.4) is 0 Å². The molecule has 170 valence electrons. The van der Waals surface area contributed by atoms with E-state index in [4.69, 9.17) is 4.74 Å². The van der Waals surface area contributed by atoms with Crippen molar-refractivity contribution in [2.24, 2.45) is 0 Å². The number of allylic oxidation sites excluding steroid dienone is 1. The van der Waals surface area contributed by atoms with Crippen LogP contribution in [0.2, 0.25) is 0 Å². The third kappa shape index (κ3) is 5.52. The Morgan fingerprint density at radius 2 is 1.88 bits per heavy atom. The van der Waals surface area contributed by atoms with Crippen LogP contribution in [0.1, 0.15) is 50.6 Å². The molecule has 2 heterocycles. The molecule has 1 aliphatic heterocycles. The molecule has 0 unspecified atom stereocenters. The zero-order chi connectivity index (χ0) is 23.4. The lowest BCUT2D eigenvalue weighted by molar-refractivity contribution is 0.0952. The molecule has 1 aliphatic rings. The summed E-state index contributed by atoms with van der Waals surface area (Å²) in [6.07, 6.45) is 3.30. The van der Waals surface area contributed by atoms with Crippen molar-refractivity contribution in [1.29, 1.82) is 0 Å². The Kier molecular flexibility index (Phi) is 6.65. The van der Waals surface area contributed by atoms with Gasteiger partial charge in [0.05, 0.1) is 7.11 Å². The van der Waals surface area contributed by atoms with Crippen molar-refractivity contribution in [2.45, 2.75) is 32.2 Å². The second-order valence-corrected chi connectivity index (χ2v) is 9.83. The van der Waals surface area contributed by atoms with E-state index in [2.05, 4.69) is 36.6 Å². The summed E-state index contributed by atoms with van der Waals surface area (Å²) in [5.74, 6) is 0.498. The lowest BCUT2D eigenvalue weighted by Crippen LogP contribution is -2.43. The number of methoxy groups -OCH3 is 1. The summed E-state index contributed by atoms with van der Waals surface area (Å²) in [5, 5.41) is 8.45. The molecule has 0 aliphatic carbocycles. The van der Waals surface area contributed by atoms with Crippen LogP contribution in [0.5, 0.6) is 5.75 Å². The maximum atomic E-state index is 13.0. The Labute approximate surface area is 198 Å². The largest absolute Gasteiger partial charge is 0.497 e. The number of benzene rings is 2. The summed E-state index contributed by atoms with van der Waals surface area (Å²) in [6.45, 7) is 4.81. The third-order valence-corrected chi connectivity index (χ3v) is 6.59. The number of carbonyl (C=O) groups is 2. The maximum absolute atomic E-state index is 13.0. The van der Waals surface area contributed by atoms with Gasteiger partial charge < -0.3 is 15.4 Å². The molecule has 1 aromatic heterocycles. The van der Waals surface area contributed by atoms with Gasteiger partial charge in [-0.15, -0.1) is 11.3 Å². The SMILES string of the molecule is COc1ccc2c(c1)C(=CC(=O)c1ccc(C(=O)NCCc3cccs3)cc1)NC(C)(C)C2. The number of ether oxygens (including phenoxy) is 1. The lowest BCUT2D eigenvalue weighted by atomic mass is 9.85. The summed E-state index contributed by atoms with van der Waals surface area (Å²) in [4.78, 5) is 26.7. The number of thiophene rings is 1. The van der Waals surface area contributed by atoms with E-state index in [1.165, 1.54) is 10.4 Å². The molecule has 1 amide bonds. The normalized spacial score (nSPS) is 15.4. The average molecular weight is 461 g/mol. The molecule has 0 atom stereocenters. The van der Waals surface area contributed by atoms with Crippen molar-refractivity contribution in [3.05, 3.63) is 93.2 Å². The Morgan fingerprint density at radius 3 is 2.58 bits per heavy atom. The highest BCUT2D eigenvalue weighted by atomic mass is 32.1. The molecule has 2 N–H and O–H groups in total. The Morgan fingerprint density at radius 1 is 1.12 bits per heavy atom. The van der Waals surface area contributed by atoms with E-state index < -0.39 is 0 Å². The van der Waals surface area contributed by atoms with Crippen LogP contribution < -0.4 is 15.4 Å². The molecule has 33 heavy (non-hydrogen) atoms. The fraction of sp³-hybridized carbons (Fsp3) is 0.259. The predicted molar refractivity (Wildman–Crippen MR) is 133 cm³/mol. The second kappa shape index (κ2) is 9.63. The van der Waals surface area contributed by atoms with Gasteiger partial charge in [-0.25, -0.2) is 0 Å². The number of hydrogen-bond donors (Lipinski definition) is 2. The Bertz CT molecular complexity index is 1180. The third-order valence-electron chi connectivity index (χ3n) is 5.66. The van der Waals surface area contributed by atoms with Crippen LogP contribution in [-0.2, 0) is 12.8 Å². The van der Waals surface area contributed by atoms with Gasteiger partial charge in [0.15, 0.2) is 5.78 Å². The monoisotopic (exact) mass is 460 g/mol. The van der Waals surface area contributed by atoms with Crippen molar-refractivity contribution in [3.63, 3.8) is 0 Å². The number of hydrogen-bond acceptors (Lipinski definition) is 5. The maximum Gasteiger partial charge on any atom is 0.251 e. The van der Waals surface area contributed by atoms with Crippen molar-refractivity contribution < 1.29 is 14.3 Å². The van der Waals surface area contributed by atoms with Gasteiger partial charge in [0, 0.05) is 45.4 Å². The summed E-state index contributed by atoms with van der Waals surface area (Å²) in [6, 6.07) is 16.8. The first-order chi connectivity index (χ1) is 15.8. The van der Waals surface area contributed by atoms with E-state index in [-0.39, 0.29) is 17.2 Å². The van der Waals surface area contributed by atoms with Gasteiger partial charge in [-0.2, -0.15) is 0 Å². The van der Waals surface area contributed by atoms with Gasteiger partial charge in [0.2, 0.25) is 0 Å². The molecule has 3 aromatic rings. The molecule has 6 heteroatoms. The standard InChI is InChI=1S/C27H28N2O3S/c1-27(2)17-20-10-11-21(32-3)15-23(20)24(29-27)16-25(30)18-6-8-19(9-7-18)26(31)28-13-12-22-5-4-14-33-22/h4-11,14-16,29H,12-13,17H2,1-3H3,(H,28,31). The summed E-state index contributed by atoms with van der Waals surface area (Å²) >= 11 is 1.68. The van der Waals surface area contributed by atoms with Crippen LogP contribution >= 0.6 is 11.3 Å². The van der Waals surface area contributed by atoms with E-state index in [1.807, 2.05) is 23.6 Å². The van der Waals surface area contributed by atoms with E-state index in [1.54, 1.807) is 48.8 Å². The summed E-state index contributed by atoms with van der Waals surface area (Å²) in [7, 11) is 1.64. The van der Waals surface area contributed by atoms with Crippen molar-refractivity contribution in [2.75, 3.05) is 13.7 Å². The molecule has 0 saturated heterocycles. The second-order valence-electron chi connectivity index (χ2n) is 8.79. The minimum absolute atomic E-state index is 0.117. The zero-order valence-electron chi connectivity index (χ0n) is 19.1. The van der Waals surface area contributed by atoms with E-state index in [0.29, 0.717) is 17.7 Å². The highest BCUT2D eigenvalue weighted by Gasteiger charge is 2.28. The molecule has 5 nitrogen and oxygen atoms in total. The fourth-order valence-electron chi connectivity index (χ4n) is 4.01. The first-order valence-electron chi connectivity index (χ1n) is 11.0. The molecular formula is C27H28N2O3S. The predicted octanol–water partition coefficient (Wildman–Crippen LogP) is 4.88. The van der Waals surface area contributed by atoms with Crippen molar-refractivity contribution >= 4 is 28.7 Å². The lowest BCUT2D eigenvalue weighted by Gasteiger charge is -2.35. The molecular weight excluding hydrogens is 432 g/mol. The van der Waals surface area contributed by atoms with Crippen LogP contribution in [0.15, 0.2) is 66.1 Å². The molecule has 0 fully saturated rings. The quantitative estimate of drug-likeness (QED) is 0.390. The van der Waals surface area contributed by atoms with Crippen LogP contribution in [0.4, 0.5) is 0 Å². The van der Waals surface area contributed by atoms with Gasteiger partial charge in [-0.05, 0) is 68.0 Å². The smallest absolute Gasteiger partial charge is 0.251 e. The number of amides is 1. The first-order valence-corrected chi connectivity index (χ1v) is 11.8. The van der Waals surface area contributed by atoms with E-state index in [9.17, 15) is 9.59 Å². The fourth-order valence-corrected chi connectivity index (χ4v) is 4.72. The Hall–Kier alpha value is -3.38. The van der Waals surface area contributed by atoms with Gasteiger partial charge in [-0.3, -0.25) is 9.59 Å². The van der Waals surface area contributed by atoms with E-state index in [0.717, 1.165) is 29.9 Å².